The summed E-state index contributed by atoms with van der Waals surface area (Å²) in [6, 6.07) is 3.95. The summed E-state index contributed by atoms with van der Waals surface area (Å²) in [5.74, 6) is -5.19. The number of epoxide rings is 1. The van der Waals surface area contributed by atoms with E-state index in [9.17, 15) is 26.3 Å². The van der Waals surface area contributed by atoms with Crippen molar-refractivity contribution in [2.45, 2.75) is 24.4 Å². The summed E-state index contributed by atoms with van der Waals surface area (Å²) in [5.41, 5.74) is -0.762. The molecule has 8 heteroatoms. The average molecular weight is 300 g/mol. The third-order valence-corrected chi connectivity index (χ3v) is 2.71. The summed E-state index contributed by atoms with van der Waals surface area (Å²) in [5, 5.41) is 0. The van der Waals surface area contributed by atoms with Gasteiger partial charge >= 0.3 is 12.1 Å². The molecule has 1 fully saturated rings. The van der Waals surface area contributed by atoms with Crippen molar-refractivity contribution < 1.29 is 35.8 Å². The van der Waals surface area contributed by atoms with Gasteiger partial charge < -0.3 is 9.47 Å². The standard InChI is InChI=1S/C12H10F6O2/c13-10(11(14,15)12(16,17)18)7-1-3-8(4-2-7)19-5-9-6-20-9/h1-4,9-10H,5-6H2. The Balaban J connectivity index is 2.04. The van der Waals surface area contributed by atoms with Crippen LogP contribution in [0.3, 0.4) is 0 Å². The minimum atomic E-state index is -5.94. The molecular formula is C12H10F6O2. The molecule has 0 N–H and O–H groups in total. The van der Waals surface area contributed by atoms with Crippen molar-refractivity contribution in [3.63, 3.8) is 0 Å². The molecule has 1 saturated heterocycles. The molecule has 20 heavy (non-hydrogen) atoms. The molecule has 0 spiro atoms. The first-order valence-electron chi connectivity index (χ1n) is 5.65. The van der Waals surface area contributed by atoms with Gasteiger partial charge in [-0.25, -0.2) is 4.39 Å². The molecule has 1 aromatic rings. The maximum Gasteiger partial charge on any atom is 0.456 e. The summed E-state index contributed by atoms with van der Waals surface area (Å²) in [4.78, 5) is 0. The van der Waals surface area contributed by atoms with E-state index in [4.69, 9.17) is 9.47 Å². The third-order valence-electron chi connectivity index (χ3n) is 2.71. The topological polar surface area (TPSA) is 21.8 Å². The highest BCUT2D eigenvalue weighted by molar-refractivity contribution is 5.29. The quantitative estimate of drug-likeness (QED) is 0.611. The second-order valence-electron chi connectivity index (χ2n) is 4.32. The lowest BCUT2D eigenvalue weighted by atomic mass is 10.0. The normalized spacial score (nSPS) is 20.6. The van der Waals surface area contributed by atoms with Crippen LogP contribution in [0.1, 0.15) is 11.7 Å². The number of halogens is 6. The van der Waals surface area contributed by atoms with Crippen molar-refractivity contribution in [2.75, 3.05) is 13.2 Å². The van der Waals surface area contributed by atoms with E-state index in [1.54, 1.807) is 0 Å². The van der Waals surface area contributed by atoms with Crippen LogP contribution in [-0.4, -0.2) is 31.4 Å². The minimum Gasteiger partial charge on any atom is -0.491 e. The molecule has 2 nitrogen and oxygen atoms in total. The highest BCUT2D eigenvalue weighted by Crippen LogP contribution is 2.46. The van der Waals surface area contributed by atoms with Crippen LogP contribution in [0.2, 0.25) is 0 Å². The number of hydrogen-bond donors (Lipinski definition) is 0. The molecular weight excluding hydrogens is 290 g/mol. The Morgan fingerprint density at radius 2 is 1.70 bits per heavy atom. The highest BCUT2D eigenvalue weighted by atomic mass is 19.4. The Labute approximate surface area is 110 Å². The van der Waals surface area contributed by atoms with Crippen molar-refractivity contribution in [1.82, 2.24) is 0 Å². The van der Waals surface area contributed by atoms with E-state index in [1.165, 1.54) is 0 Å². The van der Waals surface area contributed by atoms with Gasteiger partial charge in [-0.15, -0.1) is 0 Å². The first-order chi connectivity index (χ1) is 9.22. The van der Waals surface area contributed by atoms with Gasteiger partial charge in [-0.05, 0) is 17.7 Å². The molecule has 112 valence electrons. The van der Waals surface area contributed by atoms with Gasteiger partial charge in [0.15, 0.2) is 6.17 Å². The summed E-state index contributed by atoms with van der Waals surface area (Å²) in [7, 11) is 0. The second kappa shape index (κ2) is 5.16. The van der Waals surface area contributed by atoms with Gasteiger partial charge in [0.1, 0.15) is 18.5 Å². The maximum absolute atomic E-state index is 13.3. The zero-order valence-electron chi connectivity index (χ0n) is 9.96. The lowest BCUT2D eigenvalue weighted by Gasteiger charge is -2.23. The van der Waals surface area contributed by atoms with E-state index in [0.717, 1.165) is 24.3 Å². The fourth-order valence-corrected chi connectivity index (χ4v) is 1.44. The van der Waals surface area contributed by atoms with Crippen molar-refractivity contribution in [2.24, 2.45) is 0 Å². The average Bonchev–Trinajstić information content (AvgIpc) is 3.19. The van der Waals surface area contributed by atoms with E-state index >= 15 is 0 Å². The highest BCUT2D eigenvalue weighted by Gasteiger charge is 2.63. The van der Waals surface area contributed by atoms with Gasteiger partial charge in [-0.1, -0.05) is 12.1 Å². The van der Waals surface area contributed by atoms with E-state index in [2.05, 4.69) is 0 Å². The van der Waals surface area contributed by atoms with Crippen molar-refractivity contribution >= 4 is 0 Å². The monoisotopic (exact) mass is 300 g/mol. The number of rotatable bonds is 5. The molecule has 0 aliphatic carbocycles. The number of alkyl halides is 6. The maximum atomic E-state index is 13.3. The molecule has 1 aromatic carbocycles. The third kappa shape index (κ3) is 3.17. The van der Waals surface area contributed by atoms with Crippen LogP contribution in [0, 0.1) is 0 Å². The predicted octanol–water partition coefficient (Wildman–Crippen LogP) is 3.67. The van der Waals surface area contributed by atoms with Crippen LogP contribution < -0.4 is 4.74 Å². The molecule has 2 unspecified atom stereocenters. The molecule has 1 aliphatic heterocycles. The Kier molecular flexibility index (Phi) is 3.86. The molecule has 0 amide bonds. The fraction of sp³-hybridized carbons (Fsp3) is 0.500. The van der Waals surface area contributed by atoms with Gasteiger partial charge in [0.05, 0.1) is 6.61 Å². The largest absolute Gasteiger partial charge is 0.491 e. The van der Waals surface area contributed by atoms with E-state index < -0.39 is 23.8 Å². The Hall–Kier alpha value is -1.44. The Bertz CT molecular complexity index is 452. The molecule has 0 radical (unpaired) electrons. The van der Waals surface area contributed by atoms with Crippen molar-refractivity contribution in [1.29, 1.82) is 0 Å². The number of hydrogen-bond acceptors (Lipinski definition) is 2. The summed E-state index contributed by atoms with van der Waals surface area (Å²) in [6.45, 7) is 0.805. The summed E-state index contributed by atoms with van der Waals surface area (Å²) >= 11 is 0. The van der Waals surface area contributed by atoms with E-state index in [-0.39, 0.29) is 18.5 Å². The van der Waals surface area contributed by atoms with Crippen LogP contribution in [0.5, 0.6) is 5.75 Å². The van der Waals surface area contributed by atoms with Crippen LogP contribution in [0.4, 0.5) is 26.3 Å². The molecule has 0 saturated carbocycles. The minimum absolute atomic E-state index is 0.0295. The van der Waals surface area contributed by atoms with Crippen LogP contribution >= 0.6 is 0 Å². The van der Waals surface area contributed by atoms with Crippen LogP contribution in [0.15, 0.2) is 24.3 Å². The smallest absolute Gasteiger partial charge is 0.456 e. The van der Waals surface area contributed by atoms with Gasteiger partial charge in [0.25, 0.3) is 0 Å². The lowest BCUT2D eigenvalue weighted by molar-refractivity contribution is -0.305. The Morgan fingerprint density at radius 3 is 2.15 bits per heavy atom. The zero-order chi connectivity index (χ0) is 15.0. The van der Waals surface area contributed by atoms with Crippen molar-refractivity contribution in [3.05, 3.63) is 29.8 Å². The molecule has 1 aliphatic rings. The predicted molar refractivity (Wildman–Crippen MR) is 56.5 cm³/mol. The molecule has 1 heterocycles. The molecule has 0 aromatic heterocycles. The van der Waals surface area contributed by atoms with Crippen LogP contribution in [-0.2, 0) is 4.74 Å². The molecule has 2 rings (SSSR count). The fourth-order valence-electron chi connectivity index (χ4n) is 1.44. The van der Waals surface area contributed by atoms with E-state index in [1.807, 2.05) is 0 Å². The summed E-state index contributed by atoms with van der Waals surface area (Å²) in [6.07, 6.45) is -9.42. The zero-order valence-corrected chi connectivity index (χ0v) is 9.96. The first kappa shape index (κ1) is 15.0. The second-order valence-corrected chi connectivity index (χ2v) is 4.32. The van der Waals surface area contributed by atoms with Crippen LogP contribution in [0.25, 0.3) is 0 Å². The van der Waals surface area contributed by atoms with Gasteiger partial charge in [0.2, 0.25) is 0 Å². The molecule has 2 atom stereocenters. The summed E-state index contributed by atoms with van der Waals surface area (Å²) < 4.78 is 85.1. The number of ether oxygens (including phenoxy) is 2. The van der Waals surface area contributed by atoms with Crippen molar-refractivity contribution in [3.8, 4) is 5.75 Å². The first-order valence-corrected chi connectivity index (χ1v) is 5.65. The SMILES string of the molecule is FC(c1ccc(OCC2CO2)cc1)C(F)(F)C(F)(F)F. The lowest BCUT2D eigenvalue weighted by Crippen LogP contribution is -2.40. The van der Waals surface area contributed by atoms with Gasteiger partial charge in [-0.3, -0.25) is 0 Å². The number of benzene rings is 1. The van der Waals surface area contributed by atoms with Gasteiger partial charge in [0, 0.05) is 0 Å². The van der Waals surface area contributed by atoms with E-state index in [0.29, 0.717) is 6.61 Å². The Morgan fingerprint density at radius 1 is 1.15 bits per heavy atom. The molecule has 0 bridgehead atoms. The van der Waals surface area contributed by atoms with Gasteiger partial charge in [-0.2, -0.15) is 22.0 Å².